The number of amides is 4. The molecule has 0 radical (unpaired) electrons. The van der Waals surface area contributed by atoms with Gasteiger partial charge in [-0.3, -0.25) is 29.4 Å². The number of rotatable bonds is 6. The van der Waals surface area contributed by atoms with Crippen LogP contribution >= 0.6 is 0 Å². The second-order valence-electron chi connectivity index (χ2n) is 13.6. The van der Waals surface area contributed by atoms with Crippen molar-refractivity contribution >= 4 is 23.6 Å². The zero-order chi connectivity index (χ0) is 29.7. The zero-order valence-electron chi connectivity index (χ0n) is 24.8. The zero-order valence-corrected chi connectivity index (χ0v) is 24.8. The van der Waals surface area contributed by atoms with E-state index in [4.69, 9.17) is 4.74 Å². The van der Waals surface area contributed by atoms with Gasteiger partial charge in [0.2, 0.25) is 17.7 Å². The maximum Gasteiger partial charge on any atom is 0.255 e. The number of nitrogens with zero attached hydrogens (tertiary/aromatic N) is 4. The quantitative estimate of drug-likeness (QED) is 0.508. The van der Waals surface area contributed by atoms with Gasteiger partial charge in [0, 0.05) is 50.7 Å². The normalized spacial score (nSPS) is 29.7. The van der Waals surface area contributed by atoms with Crippen LogP contribution in [0.15, 0.2) is 18.2 Å². The van der Waals surface area contributed by atoms with Gasteiger partial charge in [-0.2, -0.15) is 5.26 Å². The molecule has 228 valence electrons. The molecule has 4 heterocycles. The van der Waals surface area contributed by atoms with Crippen LogP contribution in [0.3, 0.4) is 0 Å². The second-order valence-corrected chi connectivity index (χ2v) is 13.6. The molecule has 6 aliphatic rings. The molecule has 3 atom stereocenters. The number of piperidine rings is 2. The standard InChI is InChI=1S/C33H41N5O5/c34-20-33(12-3-13-33)32(42)36-14-10-21(11-15-36)23-17-37(18-23)26-4-1-2-5-28(26)43-24-6-7-25-22(16-24)19-38(31(25)41)27-8-9-29(39)35-30(27)40/h6-7,16,21,23,26-28H,1-5,8-15,17-19H2,(H,35,39,40)/t26-,27?,28+/m0/s1. The van der Waals surface area contributed by atoms with Crippen molar-refractivity contribution in [3.63, 3.8) is 0 Å². The maximum absolute atomic E-state index is 13.1. The van der Waals surface area contributed by atoms with Gasteiger partial charge in [-0.25, -0.2) is 0 Å². The van der Waals surface area contributed by atoms with Gasteiger partial charge in [0.15, 0.2) is 0 Å². The fourth-order valence-corrected chi connectivity index (χ4v) is 8.33. The Balaban J connectivity index is 0.930. The van der Waals surface area contributed by atoms with Crippen LogP contribution in [0, 0.1) is 28.6 Å². The van der Waals surface area contributed by atoms with Crippen LogP contribution in [0.5, 0.6) is 5.75 Å². The van der Waals surface area contributed by atoms with Crippen molar-refractivity contribution in [3.05, 3.63) is 29.3 Å². The molecule has 0 spiro atoms. The first-order valence-electron chi connectivity index (χ1n) is 16.2. The number of ether oxygens (including phenoxy) is 1. The molecule has 2 aliphatic carbocycles. The number of carbonyl (C=O) groups excluding carboxylic acids is 4. The van der Waals surface area contributed by atoms with Gasteiger partial charge >= 0.3 is 0 Å². The van der Waals surface area contributed by atoms with Gasteiger partial charge < -0.3 is 14.5 Å². The summed E-state index contributed by atoms with van der Waals surface area (Å²) in [6.45, 7) is 4.05. The molecule has 4 amide bonds. The van der Waals surface area contributed by atoms with E-state index in [1.165, 1.54) is 6.42 Å². The molecule has 1 unspecified atom stereocenters. The summed E-state index contributed by atoms with van der Waals surface area (Å²) in [6.07, 6.45) is 9.63. The number of carbonyl (C=O) groups is 4. The summed E-state index contributed by atoms with van der Waals surface area (Å²) in [7, 11) is 0. The van der Waals surface area contributed by atoms with Crippen molar-refractivity contribution in [1.82, 2.24) is 20.0 Å². The van der Waals surface area contributed by atoms with E-state index in [0.29, 0.717) is 36.4 Å². The first-order chi connectivity index (χ1) is 20.8. The van der Waals surface area contributed by atoms with E-state index >= 15 is 0 Å². The molecule has 4 aliphatic heterocycles. The summed E-state index contributed by atoms with van der Waals surface area (Å²) in [5, 5.41) is 11.9. The van der Waals surface area contributed by atoms with E-state index in [0.717, 1.165) is 88.9 Å². The molecule has 3 saturated heterocycles. The Hall–Kier alpha value is -3.45. The second kappa shape index (κ2) is 11.2. The van der Waals surface area contributed by atoms with Crippen molar-refractivity contribution in [2.75, 3.05) is 26.2 Å². The molecule has 1 aromatic rings. The highest BCUT2D eigenvalue weighted by molar-refractivity contribution is 6.05. The van der Waals surface area contributed by atoms with Gasteiger partial charge in [-0.15, -0.1) is 0 Å². The maximum atomic E-state index is 13.1. The van der Waals surface area contributed by atoms with E-state index in [2.05, 4.69) is 16.3 Å². The third-order valence-corrected chi connectivity index (χ3v) is 11.2. The van der Waals surface area contributed by atoms with Crippen LogP contribution in [0.1, 0.15) is 86.6 Å². The molecular weight excluding hydrogens is 546 g/mol. The van der Waals surface area contributed by atoms with Crippen LogP contribution in [0.4, 0.5) is 0 Å². The highest BCUT2D eigenvalue weighted by Crippen LogP contribution is 2.43. The third kappa shape index (κ3) is 5.09. The van der Waals surface area contributed by atoms with Crippen molar-refractivity contribution in [1.29, 1.82) is 5.26 Å². The molecule has 10 heteroatoms. The minimum atomic E-state index is -0.739. The number of nitriles is 1. The Kier molecular flexibility index (Phi) is 7.40. The van der Waals surface area contributed by atoms with Crippen LogP contribution < -0.4 is 10.1 Å². The predicted molar refractivity (Wildman–Crippen MR) is 155 cm³/mol. The number of nitrogens with one attached hydrogen (secondary N) is 1. The largest absolute Gasteiger partial charge is 0.489 e. The summed E-state index contributed by atoms with van der Waals surface area (Å²) >= 11 is 0. The lowest BCUT2D eigenvalue weighted by atomic mass is 9.68. The predicted octanol–water partition coefficient (Wildman–Crippen LogP) is 3.00. The van der Waals surface area contributed by atoms with Crippen molar-refractivity contribution < 1.29 is 23.9 Å². The van der Waals surface area contributed by atoms with Gasteiger partial charge in [-0.1, -0.05) is 6.42 Å². The lowest BCUT2D eigenvalue weighted by Gasteiger charge is -2.52. The molecule has 10 nitrogen and oxygen atoms in total. The summed E-state index contributed by atoms with van der Waals surface area (Å²) in [5.74, 6) is 1.27. The highest BCUT2D eigenvalue weighted by Gasteiger charge is 2.48. The third-order valence-electron chi connectivity index (χ3n) is 11.2. The van der Waals surface area contributed by atoms with Crippen LogP contribution in [0.2, 0.25) is 0 Å². The van der Waals surface area contributed by atoms with Gasteiger partial charge in [0.25, 0.3) is 5.91 Å². The Morgan fingerprint density at radius 2 is 1.74 bits per heavy atom. The van der Waals surface area contributed by atoms with Crippen molar-refractivity contribution in [3.8, 4) is 11.8 Å². The molecule has 0 aromatic heterocycles. The summed E-state index contributed by atoms with van der Waals surface area (Å²) in [5.41, 5.74) is 0.731. The summed E-state index contributed by atoms with van der Waals surface area (Å²) in [4.78, 5) is 56.1. The number of hydrogen-bond donors (Lipinski definition) is 1. The molecule has 0 bridgehead atoms. The average Bonchev–Trinajstić information content (AvgIpc) is 3.28. The number of imide groups is 1. The first-order valence-corrected chi connectivity index (χ1v) is 16.2. The Morgan fingerprint density at radius 1 is 0.977 bits per heavy atom. The topological polar surface area (TPSA) is 123 Å². The SMILES string of the molecule is N#CC1(C(=O)N2CCC(C3CN([C@H]4CCCC[C@H]4Oc4ccc5c(c4)CN(C4CCC(=O)NC4=O)C5=O)C3)CC2)CCC1. The lowest BCUT2D eigenvalue weighted by Crippen LogP contribution is -2.60. The Labute approximate surface area is 252 Å². The fraction of sp³-hybridized carbons (Fsp3) is 0.667. The van der Waals surface area contributed by atoms with Gasteiger partial charge in [0.05, 0.1) is 6.07 Å². The van der Waals surface area contributed by atoms with E-state index < -0.39 is 17.4 Å². The average molecular weight is 588 g/mol. The number of fused-ring (bicyclic) bond motifs is 1. The monoisotopic (exact) mass is 587 g/mol. The van der Waals surface area contributed by atoms with Crippen LogP contribution in [-0.2, 0) is 20.9 Å². The van der Waals surface area contributed by atoms with Crippen molar-refractivity contribution in [2.24, 2.45) is 17.3 Å². The van der Waals surface area contributed by atoms with Crippen LogP contribution in [0.25, 0.3) is 0 Å². The lowest BCUT2D eigenvalue weighted by molar-refractivity contribution is -0.145. The number of benzene rings is 1. The molecule has 43 heavy (non-hydrogen) atoms. The molecule has 5 fully saturated rings. The molecule has 1 aromatic carbocycles. The molecular formula is C33H41N5O5. The number of hydrogen-bond acceptors (Lipinski definition) is 7. The van der Waals surface area contributed by atoms with E-state index in [1.54, 1.807) is 4.90 Å². The highest BCUT2D eigenvalue weighted by atomic mass is 16.5. The van der Waals surface area contributed by atoms with E-state index in [1.807, 2.05) is 23.1 Å². The van der Waals surface area contributed by atoms with Crippen LogP contribution in [-0.4, -0.2) is 82.7 Å². The Bertz CT molecular complexity index is 1350. The van der Waals surface area contributed by atoms with Gasteiger partial charge in [-0.05, 0) is 93.4 Å². The Morgan fingerprint density at radius 3 is 2.44 bits per heavy atom. The van der Waals surface area contributed by atoms with E-state index in [-0.39, 0.29) is 30.2 Å². The van der Waals surface area contributed by atoms with Crippen molar-refractivity contribution in [2.45, 2.75) is 95.4 Å². The summed E-state index contributed by atoms with van der Waals surface area (Å²) < 4.78 is 6.62. The number of likely N-dealkylation sites (tertiary alicyclic amines) is 2. The molecule has 1 N–H and O–H groups in total. The first kappa shape index (κ1) is 28.3. The fourth-order valence-electron chi connectivity index (χ4n) is 8.33. The minimum absolute atomic E-state index is 0.0664. The molecule has 2 saturated carbocycles. The van der Waals surface area contributed by atoms with Gasteiger partial charge in [0.1, 0.15) is 23.3 Å². The molecule has 7 rings (SSSR count). The summed E-state index contributed by atoms with van der Waals surface area (Å²) in [6, 6.07) is 7.72. The smallest absolute Gasteiger partial charge is 0.255 e. The minimum Gasteiger partial charge on any atom is -0.489 e. The van der Waals surface area contributed by atoms with E-state index in [9.17, 15) is 24.4 Å².